The number of carbonyl (C=O) groups excluding carboxylic acids is 1. The zero-order valence-corrected chi connectivity index (χ0v) is 14.0. The molecule has 5 nitrogen and oxygen atoms in total. The molecule has 24 heavy (non-hydrogen) atoms. The van der Waals surface area contributed by atoms with E-state index in [4.69, 9.17) is 9.47 Å². The van der Waals surface area contributed by atoms with Crippen LogP contribution < -0.4 is 14.8 Å². The predicted molar refractivity (Wildman–Crippen MR) is 92.4 cm³/mol. The molecule has 1 amide bonds. The third-order valence-electron chi connectivity index (χ3n) is 4.10. The average Bonchev–Trinajstić information content (AvgIpc) is 3.07. The highest BCUT2D eigenvalue weighted by Gasteiger charge is 2.18. The lowest BCUT2D eigenvalue weighted by Crippen LogP contribution is -2.27. The van der Waals surface area contributed by atoms with Gasteiger partial charge in [0.25, 0.3) is 5.91 Å². The topological polar surface area (TPSA) is 50.8 Å². The van der Waals surface area contributed by atoms with Crippen molar-refractivity contribution >= 4 is 5.91 Å². The number of nitrogens with one attached hydrogen (secondary N) is 1. The molecule has 0 unspecified atom stereocenters. The summed E-state index contributed by atoms with van der Waals surface area (Å²) in [6, 6.07) is 13.6. The van der Waals surface area contributed by atoms with Crippen LogP contribution in [0.15, 0.2) is 42.5 Å². The fourth-order valence-electron chi connectivity index (χ4n) is 2.80. The normalized spacial score (nSPS) is 12.2. The second kappa shape index (κ2) is 7.36. The van der Waals surface area contributed by atoms with Crippen LogP contribution in [0.4, 0.5) is 0 Å². The van der Waals surface area contributed by atoms with E-state index < -0.39 is 0 Å². The SMILES string of the molecule is CNCCc1ccccc1C(=O)N(C)Cc1ccc2c(c1)OCO2. The molecule has 0 saturated heterocycles. The minimum atomic E-state index is 0.0272. The number of benzene rings is 2. The summed E-state index contributed by atoms with van der Waals surface area (Å²) in [5.74, 6) is 1.52. The van der Waals surface area contributed by atoms with Gasteiger partial charge < -0.3 is 19.7 Å². The summed E-state index contributed by atoms with van der Waals surface area (Å²) in [5.41, 5.74) is 2.84. The van der Waals surface area contributed by atoms with Crippen LogP contribution in [0.3, 0.4) is 0 Å². The van der Waals surface area contributed by atoms with Crippen molar-refractivity contribution in [1.82, 2.24) is 10.2 Å². The molecule has 0 radical (unpaired) electrons. The van der Waals surface area contributed by atoms with Gasteiger partial charge in [-0.05, 0) is 49.3 Å². The highest BCUT2D eigenvalue weighted by atomic mass is 16.7. The Morgan fingerprint density at radius 3 is 2.79 bits per heavy atom. The van der Waals surface area contributed by atoms with Gasteiger partial charge in [-0.2, -0.15) is 0 Å². The third kappa shape index (κ3) is 3.51. The van der Waals surface area contributed by atoms with Gasteiger partial charge in [0.1, 0.15) is 0 Å². The number of nitrogens with zero attached hydrogens (tertiary/aromatic N) is 1. The Morgan fingerprint density at radius 2 is 1.96 bits per heavy atom. The van der Waals surface area contributed by atoms with E-state index in [1.54, 1.807) is 4.90 Å². The molecular formula is C19H22N2O3. The smallest absolute Gasteiger partial charge is 0.254 e. The van der Waals surface area contributed by atoms with Crippen molar-refractivity contribution in [3.63, 3.8) is 0 Å². The second-order valence-electron chi connectivity index (χ2n) is 5.86. The van der Waals surface area contributed by atoms with E-state index in [0.29, 0.717) is 6.54 Å². The molecule has 2 aromatic carbocycles. The zero-order chi connectivity index (χ0) is 16.9. The Labute approximate surface area is 142 Å². The quantitative estimate of drug-likeness (QED) is 0.886. The van der Waals surface area contributed by atoms with Crippen LogP contribution in [-0.2, 0) is 13.0 Å². The molecule has 2 aromatic rings. The lowest BCUT2D eigenvalue weighted by Gasteiger charge is -2.19. The number of carbonyl (C=O) groups is 1. The molecule has 3 rings (SSSR count). The molecule has 0 aromatic heterocycles. The Hall–Kier alpha value is -2.53. The van der Waals surface area contributed by atoms with Gasteiger partial charge in [0, 0.05) is 19.2 Å². The minimum Gasteiger partial charge on any atom is -0.454 e. The van der Waals surface area contributed by atoms with Crippen molar-refractivity contribution in [2.75, 3.05) is 27.4 Å². The van der Waals surface area contributed by atoms with Gasteiger partial charge in [0.15, 0.2) is 11.5 Å². The summed E-state index contributed by atoms with van der Waals surface area (Å²) >= 11 is 0. The monoisotopic (exact) mass is 326 g/mol. The zero-order valence-electron chi connectivity index (χ0n) is 14.0. The first-order valence-corrected chi connectivity index (χ1v) is 8.05. The highest BCUT2D eigenvalue weighted by molar-refractivity contribution is 5.95. The van der Waals surface area contributed by atoms with E-state index in [1.807, 2.05) is 56.6 Å². The van der Waals surface area contributed by atoms with Crippen LogP contribution in [-0.4, -0.2) is 38.2 Å². The molecule has 0 atom stereocenters. The molecular weight excluding hydrogens is 304 g/mol. The van der Waals surface area contributed by atoms with Gasteiger partial charge in [-0.1, -0.05) is 24.3 Å². The number of likely N-dealkylation sites (N-methyl/N-ethyl adjacent to an activating group) is 1. The van der Waals surface area contributed by atoms with E-state index >= 15 is 0 Å². The second-order valence-corrected chi connectivity index (χ2v) is 5.86. The van der Waals surface area contributed by atoms with Crippen molar-refractivity contribution in [3.05, 3.63) is 59.2 Å². The van der Waals surface area contributed by atoms with Crippen LogP contribution in [0, 0.1) is 0 Å². The number of hydrogen-bond acceptors (Lipinski definition) is 4. The number of rotatable bonds is 6. The van der Waals surface area contributed by atoms with Crippen molar-refractivity contribution in [2.45, 2.75) is 13.0 Å². The summed E-state index contributed by atoms with van der Waals surface area (Å²) in [4.78, 5) is 14.5. The van der Waals surface area contributed by atoms with E-state index in [2.05, 4.69) is 5.32 Å². The van der Waals surface area contributed by atoms with E-state index in [0.717, 1.165) is 41.2 Å². The molecule has 0 spiro atoms. The molecule has 0 saturated carbocycles. The Bertz CT molecular complexity index is 730. The summed E-state index contributed by atoms with van der Waals surface area (Å²) < 4.78 is 10.7. The third-order valence-corrected chi connectivity index (χ3v) is 4.10. The largest absolute Gasteiger partial charge is 0.454 e. The molecule has 1 aliphatic heterocycles. The van der Waals surface area contributed by atoms with E-state index in [1.165, 1.54) is 0 Å². The fourth-order valence-corrected chi connectivity index (χ4v) is 2.80. The molecule has 0 fully saturated rings. The highest BCUT2D eigenvalue weighted by Crippen LogP contribution is 2.32. The number of amides is 1. The van der Waals surface area contributed by atoms with Gasteiger partial charge in [-0.15, -0.1) is 0 Å². The first-order valence-electron chi connectivity index (χ1n) is 8.05. The molecule has 126 valence electrons. The van der Waals surface area contributed by atoms with Gasteiger partial charge in [-0.25, -0.2) is 0 Å². The Morgan fingerprint density at radius 1 is 1.17 bits per heavy atom. The molecule has 0 aliphatic carbocycles. The summed E-state index contributed by atoms with van der Waals surface area (Å²) in [6.45, 7) is 1.62. The number of hydrogen-bond donors (Lipinski definition) is 1. The minimum absolute atomic E-state index is 0.0272. The van der Waals surface area contributed by atoms with Gasteiger partial charge in [-0.3, -0.25) is 4.79 Å². The Kier molecular flexibility index (Phi) is 5.01. The van der Waals surface area contributed by atoms with Crippen LogP contribution in [0.2, 0.25) is 0 Å². The van der Waals surface area contributed by atoms with E-state index in [9.17, 15) is 4.79 Å². The Balaban J connectivity index is 1.73. The first kappa shape index (κ1) is 16.3. The maximum atomic E-state index is 12.8. The van der Waals surface area contributed by atoms with Crippen LogP contribution in [0.25, 0.3) is 0 Å². The molecule has 0 bridgehead atoms. The van der Waals surface area contributed by atoms with E-state index in [-0.39, 0.29) is 12.7 Å². The van der Waals surface area contributed by atoms with Crippen molar-refractivity contribution < 1.29 is 14.3 Å². The van der Waals surface area contributed by atoms with Gasteiger partial charge in [0.2, 0.25) is 6.79 Å². The van der Waals surface area contributed by atoms with Gasteiger partial charge >= 0.3 is 0 Å². The van der Waals surface area contributed by atoms with Crippen LogP contribution >= 0.6 is 0 Å². The molecule has 1 heterocycles. The average molecular weight is 326 g/mol. The van der Waals surface area contributed by atoms with Gasteiger partial charge in [0.05, 0.1) is 0 Å². The molecule has 1 N–H and O–H groups in total. The fraction of sp³-hybridized carbons (Fsp3) is 0.316. The lowest BCUT2D eigenvalue weighted by atomic mass is 10.0. The first-order chi connectivity index (χ1) is 11.7. The summed E-state index contributed by atoms with van der Waals surface area (Å²) in [7, 11) is 3.73. The lowest BCUT2D eigenvalue weighted by molar-refractivity contribution is 0.0784. The maximum absolute atomic E-state index is 12.8. The molecule has 1 aliphatic rings. The maximum Gasteiger partial charge on any atom is 0.254 e. The molecule has 5 heteroatoms. The van der Waals surface area contributed by atoms with Crippen molar-refractivity contribution in [2.24, 2.45) is 0 Å². The standard InChI is InChI=1S/C19H22N2O3/c1-20-10-9-15-5-3-4-6-16(15)19(22)21(2)12-14-7-8-17-18(11-14)24-13-23-17/h3-8,11,20H,9-10,12-13H2,1-2H3. The van der Waals surface area contributed by atoms with Crippen molar-refractivity contribution in [1.29, 1.82) is 0 Å². The predicted octanol–water partition coefficient (Wildman–Crippen LogP) is 2.45. The van der Waals surface area contributed by atoms with Crippen LogP contribution in [0.1, 0.15) is 21.5 Å². The summed E-state index contributed by atoms with van der Waals surface area (Å²) in [6.07, 6.45) is 0.830. The number of fused-ring (bicyclic) bond motifs is 1. The van der Waals surface area contributed by atoms with Crippen molar-refractivity contribution in [3.8, 4) is 11.5 Å². The summed E-state index contributed by atoms with van der Waals surface area (Å²) in [5, 5.41) is 3.12. The number of ether oxygens (including phenoxy) is 2. The van der Waals surface area contributed by atoms with Crippen LogP contribution in [0.5, 0.6) is 11.5 Å².